The van der Waals surface area contributed by atoms with Gasteiger partial charge in [-0.3, -0.25) is 4.79 Å². The Bertz CT molecular complexity index is 665. The van der Waals surface area contributed by atoms with Crippen LogP contribution in [0, 0.1) is 6.92 Å². The molecule has 22 heavy (non-hydrogen) atoms. The molecule has 2 aromatic rings. The van der Waals surface area contributed by atoms with Crippen LogP contribution in [0.4, 0.5) is 0 Å². The molecule has 0 radical (unpaired) electrons. The molecule has 0 aliphatic carbocycles. The fraction of sp³-hybridized carbons (Fsp3) is 0.389. The Kier molecular flexibility index (Phi) is 4.60. The first-order valence-corrected chi connectivity index (χ1v) is 8.72. The van der Waals surface area contributed by atoms with Crippen LogP contribution in [0.5, 0.6) is 0 Å². The molecule has 0 bridgehead atoms. The Balaban J connectivity index is 2.00. The summed E-state index contributed by atoms with van der Waals surface area (Å²) in [4.78, 5) is 16.1. The lowest BCUT2D eigenvalue weighted by atomic mass is 9.90. The maximum Gasteiger partial charge on any atom is 0.237 e. The van der Waals surface area contributed by atoms with E-state index < -0.39 is 0 Å². The first-order valence-electron chi connectivity index (χ1n) is 7.84. The lowest BCUT2D eigenvalue weighted by Gasteiger charge is -2.37. The molecule has 3 nitrogen and oxygen atoms in total. The molecule has 0 spiro atoms. The van der Waals surface area contributed by atoms with Crippen molar-refractivity contribution < 1.29 is 4.79 Å². The summed E-state index contributed by atoms with van der Waals surface area (Å²) in [5.41, 5.74) is 3.79. The molecule has 0 unspecified atom stereocenters. The molecule has 116 valence electrons. The number of amides is 1. The number of benzene rings is 1. The summed E-state index contributed by atoms with van der Waals surface area (Å²) in [6.45, 7) is 6.19. The van der Waals surface area contributed by atoms with Crippen LogP contribution in [0.1, 0.15) is 34.5 Å². The van der Waals surface area contributed by atoms with E-state index in [2.05, 4.69) is 48.0 Å². The van der Waals surface area contributed by atoms with Crippen molar-refractivity contribution in [3.63, 3.8) is 0 Å². The second-order valence-corrected chi connectivity index (χ2v) is 6.68. The van der Waals surface area contributed by atoms with E-state index in [-0.39, 0.29) is 11.9 Å². The van der Waals surface area contributed by atoms with Crippen molar-refractivity contribution in [1.82, 2.24) is 10.2 Å². The first-order chi connectivity index (χ1) is 10.7. The van der Waals surface area contributed by atoms with Gasteiger partial charge in [0.25, 0.3) is 0 Å². The predicted octanol–water partition coefficient (Wildman–Crippen LogP) is 3.14. The molecule has 4 heteroatoms. The van der Waals surface area contributed by atoms with Crippen LogP contribution in [0.15, 0.2) is 35.7 Å². The van der Waals surface area contributed by atoms with Crippen molar-refractivity contribution >= 4 is 17.2 Å². The number of hydrogen-bond acceptors (Lipinski definition) is 3. The van der Waals surface area contributed by atoms with Crippen molar-refractivity contribution in [2.24, 2.45) is 0 Å². The number of thiophene rings is 1. The lowest BCUT2D eigenvalue weighted by Crippen LogP contribution is -2.44. The molecule has 3 rings (SSSR count). The lowest BCUT2D eigenvalue weighted by molar-refractivity contribution is -0.132. The Hall–Kier alpha value is -1.65. The molecule has 1 N–H and O–H groups in total. The second kappa shape index (κ2) is 6.63. The van der Waals surface area contributed by atoms with Crippen molar-refractivity contribution in [3.05, 3.63) is 57.3 Å². The summed E-state index contributed by atoms with van der Waals surface area (Å²) in [5.74, 6) is 0.187. The number of aryl methyl sites for hydroxylation is 1. The molecule has 1 atom stereocenters. The van der Waals surface area contributed by atoms with Crippen LogP contribution in [0.2, 0.25) is 0 Å². The minimum atomic E-state index is 0.0577. The SMILES string of the molecule is CCNCC(=O)N1CCc2sccc2[C@@H]1c1ccccc1C. The highest BCUT2D eigenvalue weighted by molar-refractivity contribution is 7.10. The number of carbonyl (C=O) groups excluding carboxylic acids is 1. The Labute approximate surface area is 136 Å². The third-order valence-electron chi connectivity index (χ3n) is 4.30. The van der Waals surface area contributed by atoms with E-state index in [1.54, 1.807) is 0 Å². The highest BCUT2D eigenvalue weighted by atomic mass is 32.1. The van der Waals surface area contributed by atoms with E-state index in [0.29, 0.717) is 6.54 Å². The minimum Gasteiger partial charge on any atom is -0.330 e. The number of fused-ring (bicyclic) bond motifs is 1. The highest BCUT2D eigenvalue weighted by Crippen LogP contribution is 2.38. The van der Waals surface area contributed by atoms with Gasteiger partial charge in [0.15, 0.2) is 0 Å². The van der Waals surface area contributed by atoms with Crippen molar-refractivity contribution in [3.8, 4) is 0 Å². The average Bonchev–Trinajstić information content (AvgIpc) is 3.01. The van der Waals surface area contributed by atoms with Crippen LogP contribution in [-0.2, 0) is 11.2 Å². The molecule has 0 saturated heterocycles. The van der Waals surface area contributed by atoms with Crippen LogP contribution in [0.3, 0.4) is 0 Å². The monoisotopic (exact) mass is 314 g/mol. The van der Waals surface area contributed by atoms with E-state index in [1.165, 1.54) is 21.6 Å². The normalized spacial score (nSPS) is 17.4. The number of rotatable bonds is 4. The number of hydrogen-bond donors (Lipinski definition) is 1. The maximum atomic E-state index is 12.7. The Morgan fingerprint density at radius 1 is 1.32 bits per heavy atom. The molecule has 1 amide bonds. The van der Waals surface area contributed by atoms with E-state index in [0.717, 1.165) is 19.5 Å². The van der Waals surface area contributed by atoms with Crippen molar-refractivity contribution in [2.75, 3.05) is 19.6 Å². The average molecular weight is 314 g/mol. The van der Waals surface area contributed by atoms with Crippen molar-refractivity contribution in [2.45, 2.75) is 26.3 Å². The largest absolute Gasteiger partial charge is 0.330 e. The van der Waals surface area contributed by atoms with Gasteiger partial charge in [-0.2, -0.15) is 0 Å². The zero-order chi connectivity index (χ0) is 15.5. The molecular weight excluding hydrogens is 292 g/mol. The van der Waals surface area contributed by atoms with E-state index >= 15 is 0 Å². The Morgan fingerprint density at radius 2 is 2.14 bits per heavy atom. The first kappa shape index (κ1) is 15.3. The zero-order valence-electron chi connectivity index (χ0n) is 13.1. The summed E-state index contributed by atoms with van der Waals surface area (Å²) >= 11 is 1.81. The smallest absolute Gasteiger partial charge is 0.237 e. The second-order valence-electron chi connectivity index (χ2n) is 5.68. The van der Waals surface area contributed by atoms with Gasteiger partial charge in [-0.15, -0.1) is 11.3 Å². The third kappa shape index (κ3) is 2.81. The molecule has 2 heterocycles. The number of nitrogens with zero attached hydrogens (tertiary/aromatic N) is 1. The standard InChI is InChI=1S/C18H22N2OS/c1-3-19-12-17(21)20-10-8-16-15(9-11-22-16)18(20)14-7-5-4-6-13(14)2/h4-7,9,11,18-19H,3,8,10,12H2,1-2H3/t18-/m0/s1. The highest BCUT2D eigenvalue weighted by Gasteiger charge is 2.33. The topological polar surface area (TPSA) is 32.3 Å². The third-order valence-corrected chi connectivity index (χ3v) is 5.29. The molecule has 1 aliphatic heterocycles. The minimum absolute atomic E-state index is 0.0577. The van der Waals surface area contributed by atoms with Crippen LogP contribution < -0.4 is 5.32 Å². The van der Waals surface area contributed by atoms with Gasteiger partial charge in [0.1, 0.15) is 0 Å². The van der Waals surface area contributed by atoms with Gasteiger partial charge in [-0.1, -0.05) is 31.2 Å². The summed E-state index contributed by atoms with van der Waals surface area (Å²) in [7, 11) is 0. The summed E-state index contributed by atoms with van der Waals surface area (Å²) in [6.07, 6.45) is 0.966. The molecular formula is C18H22N2OS. The number of nitrogens with one attached hydrogen (secondary N) is 1. The van der Waals surface area contributed by atoms with Gasteiger partial charge in [-0.05, 0) is 48.0 Å². The van der Waals surface area contributed by atoms with Gasteiger partial charge in [0, 0.05) is 11.4 Å². The van der Waals surface area contributed by atoms with Gasteiger partial charge >= 0.3 is 0 Å². The van der Waals surface area contributed by atoms with Gasteiger partial charge in [0.2, 0.25) is 5.91 Å². The number of likely N-dealkylation sites (N-methyl/N-ethyl adjacent to an activating group) is 1. The summed E-state index contributed by atoms with van der Waals surface area (Å²) < 4.78 is 0. The molecule has 0 fully saturated rings. The summed E-state index contributed by atoms with van der Waals surface area (Å²) in [5, 5.41) is 5.31. The van der Waals surface area contributed by atoms with E-state index in [4.69, 9.17) is 0 Å². The number of carbonyl (C=O) groups is 1. The fourth-order valence-corrected chi connectivity index (χ4v) is 4.05. The molecule has 1 aromatic heterocycles. The predicted molar refractivity (Wildman–Crippen MR) is 91.3 cm³/mol. The van der Waals surface area contributed by atoms with Gasteiger partial charge in [-0.25, -0.2) is 0 Å². The van der Waals surface area contributed by atoms with Gasteiger partial charge in [0.05, 0.1) is 12.6 Å². The van der Waals surface area contributed by atoms with E-state index in [1.807, 2.05) is 23.2 Å². The maximum absolute atomic E-state index is 12.7. The molecule has 1 aliphatic rings. The van der Waals surface area contributed by atoms with Crippen LogP contribution in [0.25, 0.3) is 0 Å². The summed E-state index contributed by atoms with van der Waals surface area (Å²) in [6, 6.07) is 10.6. The Morgan fingerprint density at radius 3 is 2.91 bits per heavy atom. The van der Waals surface area contributed by atoms with E-state index in [9.17, 15) is 4.79 Å². The fourth-order valence-electron chi connectivity index (χ4n) is 3.15. The quantitative estimate of drug-likeness (QED) is 0.940. The molecule has 0 saturated carbocycles. The molecule has 1 aromatic carbocycles. The van der Waals surface area contributed by atoms with Gasteiger partial charge < -0.3 is 10.2 Å². The van der Waals surface area contributed by atoms with Crippen molar-refractivity contribution in [1.29, 1.82) is 0 Å². The van der Waals surface area contributed by atoms with Crippen LogP contribution in [-0.4, -0.2) is 30.4 Å². The van der Waals surface area contributed by atoms with Crippen LogP contribution >= 0.6 is 11.3 Å². The zero-order valence-corrected chi connectivity index (χ0v) is 14.0.